The maximum absolute atomic E-state index is 12.0. The molecule has 0 spiro atoms. The maximum Gasteiger partial charge on any atom is 0.240 e. The number of sulfonamides is 1. The number of benzene rings is 1. The number of rotatable bonds is 9. The Hall–Kier alpha value is -1.60. The molecule has 0 unspecified atom stereocenters. The summed E-state index contributed by atoms with van der Waals surface area (Å²) in [5, 5.41) is 3.17. The van der Waals surface area contributed by atoms with Gasteiger partial charge < -0.3 is 11.1 Å². The van der Waals surface area contributed by atoms with E-state index in [1.54, 1.807) is 24.3 Å². The second-order valence-electron chi connectivity index (χ2n) is 4.42. The van der Waals surface area contributed by atoms with Crippen LogP contribution in [0.3, 0.4) is 0 Å². The Balaban J connectivity index is 2.56. The van der Waals surface area contributed by atoms with Crippen molar-refractivity contribution in [1.29, 1.82) is 0 Å². The van der Waals surface area contributed by atoms with Crippen molar-refractivity contribution in [3.05, 3.63) is 24.3 Å². The fourth-order valence-corrected chi connectivity index (χ4v) is 2.65. The van der Waals surface area contributed by atoms with Crippen LogP contribution in [0.5, 0.6) is 0 Å². The Labute approximate surface area is 119 Å². The molecule has 0 saturated heterocycles. The smallest absolute Gasteiger partial charge is 0.240 e. The van der Waals surface area contributed by atoms with Gasteiger partial charge in [-0.1, -0.05) is 6.92 Å². The molecular formula is C13H21N3O3S. The van der Waals surface area contributed by atoms with E-state index in [1.165, 1.54) is 0 Å². The molecule has 0 aromatic heterocycles. The molecule has 20 heavy (non-hydrogen) atoms. The Morgan fingerprint density at radius 1 is 1.20 bits per heavy atom. The van der Waals surface area contributed by atoms with E-state index < -0.39 is 15.9 Å². The number of primary amides is 1. The summed E-state index contributed by atoms with van der Waals surface area (Å²) in [5.74, 6) is -0.435. The maximum atomic E-state index is 12.0. The molecular weight excluding hydrogens is 278 g/mol. The highest BCUT2D eigenvalue weighted by Gasteiger charge is 2.12. The van der Waals surface area contributed by atoms with Crippen molar-refractivity contribution < 1.29 is 13.2 Å². The van der Waals surface area contributed by atoms with Crippen LogP contribution in [0.25, 0.3) is 0 Å². The van der Waals surface area contributed by atoms with Crippen LogP contribution in [0.15, 0.2) is 29.2 Å². The highest BCUT2D eigenvalue weighted by Crippen LogP contribution is 2.13. The normalized spacial score (nSPS) is 11.2. The van der Waals surface area contributed by atoms with Gasteiger partial charge in [-0.2, -0.15) is 0 Å². The topological polar surface area (TPSA) is 101 Å². The molecule has 0 heterocycles. The summed E-state index contributed by atoms with van der Waals surface area (Å²) in [6.07, 6.45) is 1.56. The lowest BCUT2D eigenvalue weighted by Crippen LogP contribution is -2.25. The summed E-state index contributed by atoms with van der Waals surface area (Å²) in [7, 11) is -3.53. The fourth-order valence-electron chi connectivity index (χ4n) is 1.57. The number of anilines is 1. The number of amides is 1. The third-order valence-electron chi connectivity index (χ3n) is 2.64. The SMILES string of the molecule is CCCNc1ccc(S(=O)(=O)NCCCC(N)=O)cc1. The molecule has 0 saturated carbocycles. The minimum absolute atomic E-state index is 0.169. The van der Waals surface area contributed by atoms with Gasteiger partial charge in [-0.3, -0.25) is 4.79 Å². The van der Waals surface area contributed by atoms with Crippen LogP contribution in [-0.2, 0) is 14.8 Å². The lowest BCUT2D eigenvalue weighted by Gasteiger charge is -2.08. The third-order valence-corrected chi connectivity index (χ3v) is 4.11. The van der Waals surface area contributed by atoms with E-state index in [2.05, 4.69) is 17.0 Å². The van der Waals surface area contributed by atoms with E-state index in [-0.39, 0.29) is 17.9 Å². The van der Waals surface area contributed by atoms with E-state index >= 15 is 0 Å². The first-order valence-electron chi connectivity index (χ1n) is 6.57. The largest absolute Gasteiger partial charge is 0.385 e. The predicted molar refractivity (Wildman–Crippen MR) is 78.8 cm³/mol. The Morgan fingerprint density at radius 2 is 1.85 bits per heavy atom. The van der Waals surface area contributed by atoms with Crippen LogP contribution < -0.4 is 15.8 Å². The second-order valence-corrected chi connectivity index (χ2v) is 6.19. The van der Waals surface area contributed by atoms with Crippen molar-refractivity contribution in [2.24, 2.45) is 5.73 Å². The molecule has 7 heteroatoms. The zero-order chi connectivity index (χ0) is 15.0. The van der Waals surface area contributed by atoms with Crippen LogP contribution >= 0.6 is 0 Å². The predicted octanol–water partition coefficient (Wildman–Crippen LogP) is 1.05. The van der Waals surface area contributed by atoms with Gasteiger partial charge in [0.25, 0.3) is 0 Å². The van der Waals surface area contributed by atoms with Gasteiger partial charge >= 0.3 is 0 Å². The summed E-state index contributed by atoms with van der Waals surface area (Å²) in [6.45, 7) is 3.10. The number of nitrogens with two attached hydrogens (primary N) is 1. The van der Waals surface area contributed by atoms with Gasteiger partial charge in [0.1, 0.15) is 0 Å². The van der Waals surface area contributed by atoms with Gasteiger partial charge in [0.2, 0.25) is 15.9 Å². The van der Waals surface area contributed by atoms with Gasteiger partial charge in [0.15, 0.2) is 0 Å². The number of carbonyl (C=O) groups excluding carboxylic acids is 1. The quantitative estimate of drug-likeness (QED) is 0.593. The van der Waals surface area contributed by atoms with Gasteiger partial charge in [-0.15, -0.1) is 0 Å². The molecule has 4 N–H and O–H groups in total. The summed E-state index contributed by atoms with van der Waals surface area (Å²) in [4.78, 5) is 10.8. The van der Waals surface area contributed by atoms with Crippen LogP contribution in [0.1, 0.15) is 26.2 Å². The van der Waals surface area contributed by atoms with Crippen molar-refractivity contribution in [2.75, 3.05) is 18.4 Å². The highest BCUT2D eigenvalue weighted by atomic mass is 32.2. The standard InChI is InChI=1S/C13H21N3O3S/c1-2-9-15-11-5-7-12(8-6-11)20(18,19)16-10-3-4-13(14)17/h5-8,15-16H,2-4,9-10H2,1H3,(H2,14,17). The molecule has 0 aliphatic rings. The van der Waals surface area contributed by atoms with Crippen molar-refractivity contribution in [3.8, 4) is 0 Å². The number of nitrogens with one attached hydrogen (secondary N) is 2. The molecule has 0 atom stereocenters. The molecule has 1 aromatic rings. The van der Waals surface area contributed by atoms with E-state index in [0.717, 1.165) is 18.7 Å². The highest BCUT2D eigenvalue weighted by molar-refractivity contribution is 7.89. The van der Waals surface area contributed by atoms with E-state index in [1.807, 2.05) is 0 Å². The van der Waals surface area contributed by atoms with E-state index in [0.29, 0.717) is 6.42 Å². The fraction of sp³-hybridized carbons (Fsp3) is 0.462. The third kappa shape index (κ3) is 5.58. The first-order valence-corrected chi connectivity index (χ1v) is 8.06. The molecule has 1 amide bonds. The monoisotopic (exact) mass is 299 g/mol. The van der Waals surface area contributed by atoms with Crippen LogP contribution in [-0.4, -0.2) is 27.4 Å². The molecule has 0 aliphatic heterocycles. The Morgan fingerprint density at radius 3 is 2.40 bits per heavy atom. The molecule has 0 aliphatic carbocycles. The molecule has 0 fully saturated rings. The van der Waals surface area contributed by atoms with Crippen molar-refractivity contribution >= 4 is 21.6 Å². The van der Waals surface area contributed by atoms with E-state index in [4.69, 9.17) is 5.73 Å². The van der Waals surface area contributed by atoms with Gasteiger partial charge in [-0.05, 0) is 37.1 Å². The zero-order valence-corrected chi connectivity index (χ0v) is 12.4. The lowest BCUT2D eigenvalue weighted by atomic mass is 10.3. The second kappa shape index (κ2) is 7.86. The lowest BCUT2D eigenvalue weighted by molar-refractivity contribution is -0.118. The first-order chi connectivity index (χ1) is 9.45. The van der Waals surface area contributed by atoms with Crippen molar-refractivity contribution in [2.45, 2.75) is 31.1 Å². The molecule has 6 nitrogen and oxygen atoms in total. The van der Waals surface area contributed by atoms with Gasteiger partial charge in [0.05, 0.1) is 4.90 Å². The first kappa shape index (κ1) is 16.5. The summed E-state index contributed by atoms with van der Waals surface area (Å²) >= 11 is 0. The molecule has 1 rings (SSSR count). The van der Waals surface area contributed by atoms with Crippen LogP contribution in [0.2, 0.25) is 0 Å². The Bertz CT molecular complexity index is 526. The number of hydrogen-bond acceptors (Lipinski definition) is 4. The average molecular weight is 299 g/mol. The van der Waals surface area contributed by atoms with Crippen molar-refractivity contribution in [3.63, 3.8) is 0 Å². The summed E-state index contributed by atoms with van der Waals surface area (Å²) in [5.41, 5.74) is 5.88. The average Bonchev–Trinajstić information content (AvgIpc) is 2.42. The minimum Gasteiger partial charge on any atom is -0.385 e. The zero-order valence-electron chi connectivity index (χ0n) is 11.6. The van der Waals surface area contributed by atoms with Gasteiger partial charge in [-0.25, -0.2) is 13.1 Å². The molecule has 112 valence electrons. The van der Waals surface area contributed by atoms with Crippen LogP contribution in [0, 0.1) is 0 Å². The van der Waals surface area contributed by atoms with E-state index in [9.17, 15) is 13.2 Å². The van der Waals surface area contributed by atoms with Crippen LogP contribution in [0.4, 0.5) is 5.69 Å². The number of carbonyl (C=O) groups is 1. The number of hydrogen-bond donors (Lipinski definition) is 3. The molecule has 0 bridgehead atoms. The van der Waals surface area contributed by atoms with Crippen molar-refractivity contribution in [1.82, 2.24) is 4.72 Å². The minimum atomic E-state index is -3.53. The van der Waals surface area contributed by atoms with Gasteiger partial charge in [0, 0.05) is 25.2 Å². The molecule has 1 aromatic carbocycles. The summed E-state index contributed by atoms with van der Waals surface area (Å²) in [6, 6.07) is 6.56. The summed E-state index contributed by atoms with van der Waals surface area (Å²) < 4.78 is 26.3. The molecule has 0 radical (unpaired) electrons. The Kier molecular flexibility index (Phi) is 6.47.